The van der Waals surface area contributed by atoms with Crippen molar-refractivity contribution >= 4 is 5.97 Å². The summed E-state index contributed by atoms with van der Waals surface area (Å²) in [5.41, 5.74) is 7.76. The molecule has 1 heterocycles. The number of carbonyl (C=O) groups is 1. The third-order valence-corrected chi connectivity index (χ3v) is 2.36. The van der Waals surface area contributed by atoms with Crippen LogP contribution in [0, 0.1) is 6.92 Å². The molecule has 0 aromatic carbocycles. The molecular weight excluding hydrogens is 194 g/mol. The molecule has 0 saturated heterocycles. The number of esters is 1. The number of nitrogens with zero attached hydrogens (tertiary/aromatic N) is 2. The van der Waals surface area contributed by atoms with Gasteiger partial charge in [0.25, 0.3) is 0 Å². The molecule has 0 aliphatic heterocycles. The van der Waals surface area contributed by atoms with Crippen LogP contribution in [-0.2, 0) is 16.6 Å². The van der Waals surface area contributed by atoms with E-state index in [0.717, 1.165) is 11.3 Å². The van der Waals surface area contributed by atoms with E-state index in [9.17, 15) is 4.79 Å². The highest BCUT2D eigenvalue weighted by atomic mass is 16.5. The standard InChI is InChI=1S/C10H17N3O2/c1-4-15-10(14)5-9(11)8-6-12-13(3)7(8)2/h6,9H,4-5,11H2,1-3H3. The van der Waals surface area contributed by atoms with Gasteiger partial charge in [0.05, 0.1) is 19.2 Å². The van der Waals surface area contributed by atoms with Crippen molar-refractivity contribution in [1.82, 2.24) is 9.78 Å². The van der Waals surface area contributed by atoms with Gasteiger partial charge in [0, 0.05) is 24.3 Å². The number of nitrogens with two attached hydrogens (primary N) is 1. The Hall–Kier alpha value is -1.36. The number of ether oxygens (including phenoxy) is 1. The van der Waals surface area contributed by atoms with Crippen molar-refractivity contribution in [1.29, 1.82) is 0 Å². The zero-order chi connectivity index (χ0) is 11.4. The van der Waals surface area contributed by atoms with E-state index in [4.69, 9.17) is 10.5 Å². The Bertz CT molecular complexity index is 346. The number of rotatable bonds is 4. The van der Waals surface area contributed by atoms with Crippen LogP contribution < -0.4 is 5.73 Å². The molecule has 0 spiro atoms. The number of aromatic nitrogens is 2. The van der Waals surface area contributed by atoms with Gasteiger partial charge in [-0.2, -0.15) is 5.10 Å². The SMILES string of the molecule is CCOC(=O)CC(N)c1cnn(C)c1C. The monoisotopic (exact) mass is 211 g/mol. The lowest BCUT2D eigenvalue weighted by Gasteiger charge is -2.10. The molecule has 0 radical (unpaired) electrons. The van der Waals surface area contributed by atoms with Crippen molar-refractivity contribution in [3.05, 3.63) is 17.5 Å². The van der Waals surface area contributed by atoms with Crippen LogP contribution in [0.5, 0.6) is 0 Å². The molecule has 1 atom stereocenters. The summed E-state index contributed by atoms with van der Waals surface area (Å²) < 4.78 is 6.57. The fraction of sp³-hybridized carbons (Fsp3) is 0.600. The molecule has 1 unspecified atom stereocenters. The van der Waals surface area contributed by atoms with Gasteiger partial charge < -0.3 is 10.5 Å². The molecule has 0 aliphatic rings. The van der Waals surface area contributed by atoms with Crippen LogP contribution in [0.4, 0.5) is 0 Å². The Balaban J connectivity index is 2.65. The average Bonchev–Trinajstić information content (AvgIpc) is 2.48. The molecular formula is C10H17N3O2. The van der Waals surface area contributed by atoms with Gasteiger partial charge in [-0.05, 0) is 13.8 Å². The van der Waals surface area contributed by atoms with Gasteiger partial charge in [-0.3, -0.25) is 9.48 Å². The summed E-state index contributed by atoms with van der Waals surface area (Å²) in [4.78, 5) is 11.2. The number of carbonyl (C=O) groups excluding carboxylic acids is 1. The first kappa shape index (κ1) is 11.7. The molecule has 0 aliphatic carbocycles. The Kier molecular flexibility index (Phi) is 3.85. The Morgan fingerprint density at radius 1 is 1.73 bits per heavy atom. The van der Waals surface area contributed by atoms with Gasteiger partial charge in [0.1, 0.15) is 0 Å². The lowest BCUT2D eigenvalue weighted by Crippen LogP contribution is -2.17. The lowest BCUT2D eigenvalue weighted by molar-refractivity contribution is -0.143. The summed E-state index contributed by atoms with van der Waals surface area (Å²) in [7, 11) is 1.84. The Morgan fingerprint density at radius 3 is 2.87 bits per heavy atom. The molecule has 1 aromatic rings. The summed E-state index contributed by atoms with van der Waals surface area (Å²) >= 11 is 0. The van der Waals surface area contributed by atoms with E-state index in [2.05, 4.69) is 5.10 Å². The van der Waals surface area contributed by atoms with E-state index in [1.807, 2.05) is 14.0 Å². The van der Waals surface area contributed by atoms with Crippen molar-refractivity contribution in [2.24, 2.45) is 12.8 Å². The van der Waals surface area contributed by atoms with Crippen molar-refractivity contribution in [2.45, 2.75) is 26.3 Å². The maximum absolute atomic E-state index is 11.2. The third-order valence-electron chi connectivity index (χ3n) is 2.36. The molecule has 2 N–H and O–H groups in total. The molecule has 1 aromatic heterocycles. The molecule has 84 valence electrons. The van der Waals surface area contributed by atoms with Crippen LogP contribution in [-0.4, -0.2) is 22.4 Å². The molecule has 5 nitrogen and oxygen atoms in total. The first-order valence-corrected chi connectivity index (χ1v) is 4.96. The number of hydrogen-bond acceptors (Lipinski definition) is 4. The maximum Gasteiger partial charge on any atom is 0.307 e. The van der Waals surface area contributed by atoms with Crippen molar-refractivity contribution < 1.29 is 9.53 Å². The van der Waals surface area contributed by atoms with Crippen molar-refractivity contribution in [3.63, 3.8) is 0 Å². The van der Waals surface area contributed by atoms with Gasteiger partial charge >= 0.3 is 5.97 Å². The quantitative estimate of drug-likeness (QED) is 0.743. The zero-order valence-corrected chi connectivity index (χ0v) is 9.36. The van der Waals surface area contributed by atoms with Crippen molar-refractivity contribution in [3.8, 4) is 0 Å². The highest BCUT2D eigenvalue weighted by Crippen LogP contribution is 2.17. The first-order chi connectivity index (χ1) is 7.06. The minimum absolute atomic E-state index is 0.195. The predicted molar refractivity (Wildman–Crippen MR) is 56.1 cm³/mol. The second-order valence-electron chi connectivity index (χ2n) is 3.42. The second-order valence-corrected chi connectivity index (χ2v) is 3.42. The van der Waals surface area contributed by atoms with Crippen LogP contribution in [0.3, 0.4) is 0 Å². The largest absolute Gasteiger partial charge is 0.466 e. The summed E-state index contributed by atoms with van der Waals surface area (Å²) in [6.07, 6.45) is 1.89. The highest BCUT2D eigenvalue weighted by molar-refractivity contribution is 5.70. The molecule has 0 fully saturated rings. The fourth-order valence-corrected chi connectivity index (χ4v) is 1.39. The molecule has 0 bridgehead atoms. The van der Waals surface area contributed by atoms with Crippen LogP contribution in [0.1, 0.15) is 30.6 Å². The highest BCUT2D eigenvalue weighted by Gasteiger charge is 2.16. The minimum atomic E-state index is -0.335. The summed E-state index contributed by atoms with van der Waals surface area (Å²) in [6.45, 7) is 4.09. The lowest BCUT2D eigenvalue weighted by atomic mass is 10.1. The van der Waals surface area contributed by atoms with Gasteiger partial charge in [0.2, 0.25) is 0 Å². The average molecular weight is 211 g/mol. The van der Waals surface area contributed by atoms with Crippen LogP contribution in [0.25, 0.3) is 0 Å². The zero-order valence-electron chi connectivity index (χ0n) is 9.36. The van der Waals surface area contributed by atoms with Gasteiger partial charge in [-0.1, -0.05) is 0 Å². The molecule has 1 rings (SSSR count). The van der Waals surface area contributed by atoms with E-state index in [0.29, 0.717) is 6.61 Å². The van der Waals surface area contributed by atoms with Crippen LogP contribution in [0.2, 0.25) is 0 Å². The van der Waals surface area contributed by atoms with E-state index in [1.165, 1.54) is 0 Å². The van der Waals surface area contributed by atoms with Crippen molar-refractivity contribution in [2.75, 3.05) is 6.61 Å². The minimum Gasteiger partial charge on any atom is -0.466 e. The van der Waals surface area contributed by atoms with E-state index >= 15 is 0 Å². The predicted octanol–water partition coefficient (Wildman–Crippen LogP) is 0.682. The van der Waals surface area contributed by atoms with Gasteiger partial charge in [-0.25, -0.2) is 0 Å². The summed E-state index contributed by atoms with van der Waals surface area (Å²) in [6, 6.07) is -0.335. The first-order valence-electron chi connectivity index (χ1n) is 4.96. The normalized spacial score (nSPS) is 12.5. The summed E-state index contributed by atoms with van der Waals surface area (Å²) in [5, 5.41) is 4.08. The molecule has 5 heteroatoms. The van der Waals surface area contributed by atoms with E-state index < -0.39 is 0 Å². The van der Waals surface area contributed by atoms with Crippen LogP contribution >= 0.6 is 0 Å². The Morgan fingerprint density at radius 2 is 2.40 bits per heavy atom. The molecule has 0 saturated carbocycles. The fourth-order valence-electron chi connectivity index (χ4n) is 1.39. The smallest absolute Gasteiger partial charge is 0.307 e. The third kappa shape index (κ3) is 2.79. The molecule has 15 heavy (non-hydrogen) atoms. The number of aryl methyl sites for hydroxylation is 1. The van der Waals surface area contributed by atoms with Gasteiger partial charge in [-0.15, -0.1) is 0 Å². The summed E-state index contributed by atoms with van der Waals surface area (Å²) in [5.74, 6) is -0.270. The second kappa shape index (κ2) is 4.93. The van der Waals surface area contributed by atoms with E-state index in [1.54, 1.807) is 17.8 Å². The maximum atomic E-state index is 11.2. The Labute approximate surface area is 89.2 Å². The topological polar surface area (TPSA) is 70.1 Å². The van der Waals surface area contributed by atoms with Gasteiger partial charge in [0.15, 0.2) is 0 Å². The molecule has 0 amide bonds. The van der Waals surface area contributed by atoms with E-state index in [-0.39, 0.29) is 18.4 Å². The number of hydrogen-bond donors (Lipinski definition) is 1. The van der Waals surface area contributed by atoms with Crippen LogP contribution in [0.15, 0.2) is 6.20 Å².